The predicted molar refractivity (Wildman–Crippen MR) is 109 cm³/mol. The molecule has 0 aromatic heterocycles. The van der Waals surface area contributed by atoms with Crippen LogP contribution in [0.5, 0.6) is 0 Å². The SMILES string of the molecule is CC1(C)CC(N(CCCN)C2CC(C)(C)NC(C)(C)C2)CC(C)(C)N1. The van der Waals surface area contributed by atoms with Gasteiger partial charge in [0.1, 0.15) is 0 Å². The van der Waals surface area contributed by atoms with Gasteiger partial charge in [-0.25, -0.2) is 0 Å². The Morgan fingerprint density at radius 2 is 1.04 bits per heavy atom. The van der Waals surface area contributed by atoms with Gasteiger partial charge < -0.3 is 16.4 Å². The second-order valence-corrected chi connectivity index (χ2v) is 11.3. The van der Waals surface area contributed by atoms with Crippen LogP contribution in [0.25, 0.3) is 0 Å². The lowest BCUT2D eigenvalue weighted by Crippen LogP contribution is -2.67. The molecule has 25 heavy (non-hydrogen) atoms. The summed E-state index contributed by atoms with van der Waals surface area (Å²) in [6.45, 7) is 20.8. The second kappa shape index (κ2) is 7.10. The first kappa shape index (κ1) is 21.1. The Hall–Kier alpha value is -0.160. The van der Waals surface area contributed by atoms with Crippen LogP contribution in [-0.4, -0.2) is 52.2 Å². The third-order valence-electron chi connectivity index (χ3n) is 5.90. The fraction of sp³-hybridized carbons (Fsp3) is 1.00. The minimum absolute atomic E-state index is 0.186. The van der Waals surface area contributed by atoms with Crippen molar-refractivity contribution in [3.63, 3.8) is 0 Å². The highest BCUT2D eigenvalue weighted by atomic mass is 15.2. The summed E-state index contributed by atoms with van der Waals surface area (Å²) in [6.07, 6.45) is 5.95. The lowest BCUT2D eigenvalue weighted by molar-refractivity contribution is -0.00228. The maximum atomic E-state index is 5.90. The summed E-state index contributed by atoms with van der Waals surface area (Å²) in [4.78, 5) is 2.83. The Morgan fingerprint density at radius 3 is 1.32 bits per heavy atom. The van der Waals surface area contributed by atoms with Crippen molar-refractivity contribution < 1.29 is 0 Å². The Labute approximate surface area is 156 Å². The number of hydrogen-bond donors (Lipinski definition) is 3. The molecule has 2 aliphatic rings. The molecule has 0 aliphatic carbocycles. The Balaban J connectivity index is 2.26. The minimum atomic E-state index is 0.186. The quantitative estimate of drug-likeness (QED) is 0.711. The van der Waals surface area contributed by atoms with E-state index in [4.69, 9.17) is 5.73 Å². The highest BCUT2D eigenvalue weighted by Gasteiger charge is 2.45. The molecule has 0 bridgehead atoms. The first-order chi connectivity index (χ1) is 11.2. The van der Waals surface area contributed by atoms with Gasteiger partial charge in [0.25, 0.3) is 0 Å². The summed E-state index contributed by atoms with van der Waals surface area (Å²) < 4.78 is 0. The average molecular weight is 353 g/mol. The first-order valence-corrected chi connectivity index (χ1v) is 10.3. The van der Waals surface area contributed by atoms with Gasteiger partial charge in [-0.2, -0.15) is 0 Å². The summed E-state index contributed by atoms with van der Waals surface area (Å²) >= 11 is 0. The standard InChI is InChI=1S/C21H44N4/c1-18(2)12-16(13-19(3,4)23-18)25(11-9-10-22)17-14-20(5,6)24-21(7,8)15-17/h16-17,23-24H,9-15,22H2,1-8H3. The molecule has 2 saturated heterocycles. The van der Waals surface area contributed by atoms with Crippen molar-refractivity contribution in [2.24, 2.45) is 5.73 Å². The van der Waals surface area contributed by atoms with E-state index in [1.807, 2.05) is 0 Å². The molecule has 2 fully saturated rings. The minimum Gasteiger partial charge on any atom is -0.330 e. The second-order valence-electron chi connectivity index (χ2n) is 11.3. The van der Waals surface area contributed by atoms with Crippen molar-refractivity contribution in [1.82, 2.24) is 15.5 Å². The monoisotopic (exact) mass is 352 g/mol. The molecule has 0 radical (unpaired) electrons. The third-order valence-corrected chi connectivity index (χ3v) is 5.90. The smallest absolute Gasteiger partial charge is 0.0145 e. The maximum absolute atomic E-state index is 5.90. The Kier molecular flexibility index (Phi) is 6.01. The molecule has 4 nitrogen and oxygen atoms in total. The van der Waals surface area contributed by atoms with E-state index in [9.17, 15) is 0 Å². The van der Waals surface area contributed by atoms with E-state index in [0.717, 1.165) is 19.5 Å². The summed E-state index contributed by atoms with van der Waals surface area (Å²) in [7, 11) is 0. The molecule has 0 aromatic rings. The van der Waals surface area contributed by atoms with E-state index >= 15 is 0 Å². The molecule has 4 N–H and O–H groups in total. The molecule has 148 valence electrons. The average Bonchev–Trinajstić information content (AvgIpc) is 2.31. The largest absolute Gasteiger partial charge is 0.330 e. The van der Waals surface area contributed by atoms with Crippen molar-refractivity contribution >= 4 is 0 Å². The van der Waals surface area contributed by atoms with E-state index in [1.54, 1.807) is 0 Å². The van der Waals surface area contributed by atoms with Crippen LogP contribution in [0.2, 0.25) is 0 Å². The Morgan fingerprint density at radius 1 is 0.720 bits per heavy atom. The summed E-state index contributed by atoms with van der Waals surface area (Å²) in [6, 6.07) is 1.26. The topological polar surface area (TPSA) is 53.3 Å². The summed E-state index contributed by atoms with van der Waals surface area (Å²) in [5, 5.41) is 7.69. The van der Waals surface area contributed by atoms with Crippen molar-refractivity contribution in [2.75, 3.05) is 13.1 Å². The van der Waals surface area contributed by atoms with Crippen LogP contribution >= 0.6 is 0 Å². The molecule has 2 rings (SSSR count). The zero-order chi connectivity index (χ0) is 19.1. The van der Waals surface area contributed by atoms with Gasteiger partial charge in [-0.3, -0.25) is 4.90 Å². The number of nitrogens with two attached hydrogens (primary N) is 1. The van der Waals surface area contributed by atoms with E-state index in [-0.39, 0.29) is 22.2 Å². The number of hydrogen-bond acceptors (Lipinski definition) is 4. The van der Waals surface area contributed by atoms with Crippen LogP contribution in [0.15, 0.2) is 0 Å². The predicted octanol–water partition coefficient (Wildman–Crippen LogP) is 3.26. The molecule has 2 aliphatic heterocycles. The summed E-state index contributed by atoms with van der Waals surface area (Å²) in [5.74, 6) is 0. The van der Waals surface area contributed by atoms with E-state index in [0.29, 0.717) is 12.1 Å². The molecule has 0 spiro atoms. The fourth-order valence-corrected chi connectivity index (χ4v) is 5.94. The van der Waals surface area contributed by atoms with Crippen molar-refractivity contribution in [3.05, 3.63) is 0 Å². The molecule has 0 unspecified atom stereocenters. The number of nitrogens with zero attached hydrogens (tertiary/aromatic N) is 1. The van der Waals surface area contributed by atoms with E-state index in [2.05, 4.69) is 70.9 Å². The van der Waals surface area contributed by atoms with Gasteiger partial charge in [0.15, 0.2) is 0 Å². The normalized spacial score (nSPS) is 29.0. The number of rotatable bonds is 5. The van der Waals surface area contributed by atoms with Gasteiger partial charge in [-0.05, 0) is 101 Å². The molecular formula is C21H44N4. The van der Waals surface area contributed by atoms with Crippen LogP contribution < -0.4 is 16.4 Å². The number of nitrogens with one attached hydrogen (secondary N) is 2. The zero-order valence-electron chi connectivity index (χ0n) is 18.1. The Bertz CT molecular complexity index is 383. The third kappa shape index (κ3) is 5.92. The van der Waals surface area contributed by atoms with Crippen molar-refractivity contribution in [3.8, 4) is 0 Å². The van der Waals surface area contributed by atoms with E-state index in [1.165, 1.54) is 25.7 Å². The molecule has 0 saturated carbocycles. The fourth-order valence-electron chi connectivity index (χ4n) is 5.94. The lowest BCUT2D eigenvalue weighted by atomic mass is 9.75. The van der Waals surface area contributed by atoms with Gasteiger partial charge in [-0.1, -0.05) is 0 Å². The van der Waals surface area contributed by atoms with E-state index < -0.39 is 0 Å². The van der Waals surface area contributed by atoms with Crippen molar-refractivity contribution in [2.45, 2.75) is 122 Å². The van der Waals surface area contributed by atoms with Crippen LogP contribution in [0.1, 0.15) is 87.5 Å². The van der Waals surface area contributed by atoms with Crippen LogP contribution in [0.4, 0.5) is 0 Å². The molecule has 0 aromatic carbocycles. The number of piperidine rings is 2. The van der Waals surface area contributed by atoms with Crippen LogP contribution in [0.3, 0.4) is 0 Å². The molecule has 2 heterocycles. The van der Waals surface area contributed by atoms with Gasteiger partial charge >= 0.3 is 0 Å². The zero-order valence-corrected chi connectivity index (χ0v) is 18.1. The molecule has 0 amide bonds. The molecule has 0 atom stereocenters. The van der Waals surface area contributed by atoms with Crippen LogP contribution in [0, 0.1) is 0 Å². The van der Waals surface area contributed by atoms with Crippen molar-refractivity contribution in [1.29, 1.82) is 0 Å². The first-order valence-electron chi connectivity index (χ1n) is 10.3. The highest BCUT2D eigenvalue weighted by Crippen LogP contribution is 2.37. The molecular weight excluding hydrogens is 308 g/mol. The van der Waals surface area contributed by atoms with Gasteiger partial charge in [0.05, 0.1) is 0 Å². The summed E-state index contributed by atoms with van der Waals surface area (Å²) in [5.41, 5.74) is 6.64. The van der Waals surface area contributed by atoms with Gasteiger partial charge in [0, 0.05) is 34.2 Å². The van der Waals surface area contributed by atoms with Crippen LogP contribution in [-0.2, 0) is 0 Å². The lowest BCUT2D eigenvalue weighted by Gasteiger charge is -2.55. The molecule has 4 heteroatoms. The maximum Gasteiger partial charge on any atom is 0.0145 e. The highest BCUT2D eigenvalue weighted by molar-refractivity contribution is 5.05. The van der Waals surface area contributed by atoms with Gasteiger partial charge in [-0.15, -0.1) is 0 Å². The van der Waals surface area contributed by atoms with Gasteiger partial charge in [0.2, 0.25) is 0 Å².